The zero-order valence-electron chi connectivity index (χ0n) is 16.8. The van der Waals surface area contributed by atoms with Crippen molar-refractivity contribution in [2.24, 2.45) is 4.99 Å². The number of hydrogen-bond donors (Lipinski definition) is 3. The Kier molecular flexibility index (Phi) is 9.25. The molecule has 2 aromatic rings. The molecule has 0 saturated carbocycles. The molecule has 150 valence electrons. The van der Waals surface area contributed by atoms with Crippen molar-refractivity contribution in [3.63, 3.8) is 0 Å². The number of nitrogens with zero attached hydrogens (tertiary/aromatic N) is 2. The van der Waals surface area contributed by atoms with Crippen LogP contribution < -0.4 is 10.6 Å². The van der Waals surface area contributed by atoms with Crippen LogP contribution in [0, 0.1) is 20.8 Å². The molecule has 3 N–H and O–H groups in total. The van der Waals surface area contributed by atoms with Crippen molar-refractivity contribution in [2.75, 3.05) is 19.6 Å². The molecule has 0 spiro atoms. The fraction of sp³-hybridized carbons (Fsp3) is 0.500. The van der Waals surface area contributed by atoms with Crippen molar-refractivity contribution in [1.29, 1.82) is 0 Å². The van der Waals surface area contributed by atoms with E-state index in [1.807, 2.05) is 45.3 Å². The van der Waals surface area contributed by atoms with Crippen LogP contribution in [0.5, 0.6) is 0 Å². The molecule has 0 aromatic carbocycles. The van der Waals surface area contributed by atoms with E-state index in [0.717, 1.165) is 36.6 Å². The van der Waals surface area contributed by atoms with Crippen molar-refractivity contribution >= 4 is 29.9 Å². The minimum Gasteiger partial charge on any atom is -0.466 e. The topological polar surface area (TPSA) is 82.7 Å². The van der Waals surface area contributed by atoms with Gasteiger partial charge >= 0.3 is 0 Å². The van der Waals surface area contributed by atoms with Gasteiger partial charge in [0.2, 0.25) is 0 Å². The van der Waals surface area contributed by atoms with E-state index in [1.165, 1.54) is 11.1 Å². The molecule has 2 heterocycles. The Morgan fingerprint density at radius 1 is 1.30 bits per heavy atom. The van der Waals surface area contributed by atoms with Crippen molar-refractivity contribution in [3.05, 3.63) is 52.7 Å². The third kappa shape index (κ3) is 6.80. The smallest absolute Gasteiger partial charge is 0.191 e. The van der Waals surface area contributed by atoms with Gasteiger partial charge in [0.1, 0.15) is 17.1 Å². The number of halogens is 1. The van der Waals surface area contributed by atoms with Crippen LogP contribution in [0.15, 0.2) is 33.9 Å². The van der Waals surface area contributed by atoms with Crippen LogP contribution in [0.4, 0.5) is 0 Å². The van der Waals surface area contributed by atoms with E-state index in [1.54, 1.807) is 6.92 Å². The first-order chi connectivity index (χ1) is 12.3. The molecule has 2 rings (SSSR count). The van der Waals surface area contributed by atoms with Gasteiger partial charge in [0.25, 0.3) is 0 Å². The van der Waals surface area contributed by atoms with Gasteiger partial charge < -0.3 is 20.2 Å². The molecular formula is C20H31IN4O2. The number of guanidine groups is 1. The lowest BCUT2D eigenvalue weighted by Gasteiger charge is -2.21. The molecule has 6 nitrogen and oxygen atoms in total. The summed E-state index contributed by atoms with van der Waals surface area (Å²) in [4.78, 5) is 8.68. The summed E-state index contributed by atoms with van der Waals surface area (Å²) in [5.74, 6) is 2.21. The summed E-state index contributed by atoms with van der Waals surface area (Å²) in [5.41, 5.74) is 2.15. The third-order valence-corrected chi connectivity index (χ3v) is 4.33. The summed E-state index contributed by atoms with van der Waals surface area (Å²) in [7, 11) is 0. The fourth-order valence-corrected chi connectivity index (χ4v) is 2.92. The van der Waals surface area contributed by atoms with Crippen LogP contribution in [-0.2, 0) is 12.0 Å². The normalized spacial score (nSPS) is 13.6. The zero-order valence-corrected chi connectivity index (χ0v) is 19.1. The Balaban J connectivity index is 0.00000364. The molecule has 0 aliphatic rings. The Hall–Kier alpha value is -1.61. The summed E-state index contributed by atoms with van der Waals surface area (Å²) in [6.07, 6.45) is 4.57. The molecule has 0 saturated heterocycles. The predicted octanol–water partition coefficient (Wildman–Crippen LogP) is 3.22. The Morgan fingerprint density at radius 2 is 2.04 bits per heavy atom. The SMILES string of the molecule is CCNC(=NCC(C)(O)c1cc(C)oc1C)NCCc1ccncc1C.I. The summed E-state index contributed by atoms with van der Waals surface area (Å²) < 4.78 is 5.54. The minimum atomic E-state index is -1.08. The fourth-order valence-electron chi connectivity index (χ4n) is 2.92. The summed E-state index contributed by atoms with van der Waals surface area (Å²) in [6.45, 7) is 11.3. The molecule has 0 bridgehead atoms. The maximum Gasteiger partial charge on any atom is 0.191 e. The number of aliphatic imine (C=N–C) groups is 1. The van der Waals surface area contributed by atoms with Gasteiger partial charge in [0.15, 0.2) is 5.96 Å². The lowest BCUT2D eigenvalue weighted by atomic mass is 9.96. The quantitative estimate of drug-likeness (QED) is 0.318. The van der Waals surface area contributed by atoms with Gasteiger partial charge in [-0.2, -0.15) is 0 Å². The molecule has 2 aromatic heterocycles. The molecule has 0 fully saturated rings. The van der Waals surface area contributed by atoms with E-state index in [4.69, 9.17) is 4.42 Å². The van der Waals surface area contributed by atoms with E-state index >= 15 is 0 Å². The maximum absolute atomic E-state index is 10.8. The summed E-state index contributed by atoms with van der Waals surface area (Å²) in [5, 5.41) is 17.4. The second-order valence-electron chi connectivity index (χ2n) is 6.77. The molecule has 0 amide bonds. The Morgan fingerprint density at radius 3 is 2.63 bits per heavy atom. The highest BCUT2D eigenvalue weighted by atomic mass is 127. The minimum absolute atomic E-state index is 0. The molecule has 0 radical (unpaired) electrons. The average Bonchev–Trinajstić information content (AvgIpc) is 2.94. The van der Waals surface area contributed by atoms with E-state index in [2.05, 4.69) is 27.5 Å². The zero-order chi connectivity index (χ0) is 19.2. The molecule has 27 heavy (non-hydrogen) atoms. The van der Waals surface area contributed by atoms with Crippen LogP contribution >= 0.6 is 24.0 Å². The Labute approximate surface area is 178 Å². The van der Waals surface area contributed by atoms with Crippen molar-refractivity contribution in [2.45, 2.75) is 46.6 Å². The molecule has 0 aliphatic heterocycles. The average molecular weight is 486 g/mol. The van der Waals surface area contributed by atoms with Gasteiger partial charge in [-0.3, -0.25) is 4.98 Å². The van der Waals surface area contributed by atoms with Gasteiger partial charge in [-0.15, -0.1) is 24.0 Å². The van der Waals surface area contributed by atoms with Crippen molar-refractivity contribution < 1.29 is 9.52 Å². The van der Waals surface area contributed by atoms with Crippen LogP contribution in [0.25, 0.3) is 0 Å². The lowest BCUT2D eigenvalue weighted by molar-refractivity contribution is 0.0657. The third-order valence-electron chi connectivity index (χ3n) is 4.33. The standard InChI is InChI=1S/C20H30N4O2.HI/c1-6-22-19(23-10-8-17-7-9-21-12-14(17)2)24-13-20(5,25)18-11-15(3)26-16(18)4;/h7,9,11-12,25H,6,8,10,13H2,1-5H3,(H2,22,23,24);1H. The number of aromatic nitrogens is 1. The number of hydrogen-bond acceptors (Lipinski definition) is 4. The lowest BCUT2D eigenvalue weighted by Crippen LogP contribution is -2.39. The van der Waals surface area contributed by atoms with E-state index < -0.39 is 5.60 Å². The molecule has 1 unspecified atom stereocenters. The first kappa shape index (κ1) is 23.4. The molecular weight excluding hydrogens is 455 g/mol. The van der Waals surface area contributed by atoms with Gasteiger partial charge in [-0.25, -0.2) is 4.99 Å². The van der Waals surface area contributed by atoms with Gasteiger partial charge in [-0.05, 0) is 64.3 Å². The maximum atomic E-state index is 10.8. The Bertz CT molecular complexity index is 756. The highest BCUT2D eigenvalue weighted by Crippen LogP contribution is 2.27. The number of rotatable bonds is 7. The van der Waals surface area contributed by atoms with E-state index in [9.17, 15) is 5.11 Å². The number of aliphatic hydroxyl groups is 1. The largest absolute Gasteiger partial charge is 0.466 e. The van der Waals surface area contributed by atoms with Crippen LogP contribution in [-0.4, -0.2) is 35.7 Å². The second kappa shape index (κ2) is 10.7. The van der Waals surface area contributed by atoms with Crippen LogP contribution in [0.1, 0.15) is 42.1 Å². The second-order valence-corrected chi connectivity index (χ2v) is 6.77. The number of pyridine rings is 1. The first-order valence-corrected chi connectivity index (χ1v) is 9.05. The van der Waals surface area contributed by atoms with Crippen LogP contribution in [0.2, 0.25) is 0 Å². The summed E-state index contributed by atoms with van der Waals surface area (Å²) >= 11 is 0. The van der Waals surface area contributed by atoms with Crippen molar-refractivity contribution in [3.8, 4) is 0 Å². The highest BCUT2D eigenvalue weighted by molar-refractivity contribution is 14.0. The molecule has 1 atom stereocenters. The predicted molar refractivity (Wildman–Crippen MR) is 120 cm³/mol. The highest BCUT2D eigenvalue weighted by Gasteiger charge is 2.27. The first-order valence-electron chi connectivity index (χ1n) is 9.05. The monoisotopic (exact) mass is 486 g/mol. The van der Waals surface area contributed by atoms with Gasteiger partial charge in [0, 0.05) is 31.0 Å². The van der Waals surface area contributed by atoms with Gasteiger partial charge in [-0.1, -0.05) is 0 Å². The molecule has 7 heteroatoms. The van der Waals surface area contributed by atoms with E-state index in [-0.39, 0.29) is 30.5 Å². The number of furan rings is 1. The number of nitrogens with one attached hydrogen (secondary N) is 2. The molecule has 0 aliphatic carbocycles. The number of aryl methyl sites for hydroxylation is 3. The van der Waals surface area contributed by atoms with E-state index in [0.29, 0.717) is 5.96 Å². The summed E-state index contributed by atoms with van der Waals surface area (Å²) in [6, 6.07) is 3.91. The van der Waals surface area contributed by atoms with Crippen LogP contribution in [0.3, 0.4) is 0 Å². The van der Waals surface area contributed by atoms with Gasteiger partial charge in [0.05, 0.1) is 6.54 Å². The van der Waals surface area contributed by atoms with Crippen molar-refractivity contribution in [1.82, 2.24) is 15.6 Å².